The van der Waals surface area contributed by atoms with Crippen LogP contribution in [0.1, 0.15) is 57.8 Å². The zero-order chi connectivity index (χ0) is 19.6. The van der Waals surface area contributed by atoms with Gasteiger partial charge in [0, 0.05) is 9.35 Å². The lowest BCUT2D eigenvalue weighted by Gasteiger charge is -2.14. The summed E-state index contributed by atoms with van der Waals surface area (Å²) < 4.78 is 6.58. The van der Waals surface area contributed by atoms with Crippen LogP contribution in [-0.4, -0.2) is 18.4 Å². The normalized spacial score (nSPS) is 13.3. The van der Waals surface area contributed by atoms with Crippen molar-refractivity contribution in [3.05, 3.63) is 44.2 Å². The van der Waals surface area contributed by atoms with Crippen LogP contribution in [0.3, 0.4) is 0 Å². The second kappa shape index (κ2) is 8.44. The molecule has 2 amide bonds. The number of rotatable bonds is 6. The quantitative estimate of drug-likeness (QED) is 0.664. The van der Waals surface area contributed by atoms with Crippen molar-refractivity contribution in [3.63, 3.8) is 0 Å². The minimum absolute atomic E-state index is 0.309. The molecule has 0 saturated carbocycles. The van der Waals surface area contributed by atoms with Crippen LogP contribution in [0.25, 0.3) is 0 Å². The van der Waals surface area contributed by atoms with Crippen molar-refractivity contribution < 1.29 is 14.3 Å². The molecule has 0 saturated heterocycles. The zero-order valence-corrected chi connectivity index (χ0v) is 17.8. The average Bonchev–Trinajstić information content (AvgIpc) is 2.98. The van der Waals surface area contributed by atoms with Gasteiger partial charge >= 0.3 is 0 Å². The van der Waals surface area contributed by atoms with Gasteiger partial charge in [0.25, 0.3) is 11.8 Å². The van der Waals surface area contributed by atoms with Gasteiger partial charge < -0.3 is 15.8 Å². The molecule has 0 radical (unpaired) electrons. The van der Waals surface area contributed by atoms with Crippen LogP contribution < -0.4 is 15.8 Å². The van der Waals surface area contributed by atoms with Crippen molar-refractivity contribution in [1.29, 1.82) is 0 Å². The number of benzene rings is 1. The number of amides is 2. The molecule has 1 aromatic carbocycles. The van der Waals surface area contributed by atoms with Crippen LogP contribution in [0, 0.1) is 5.92 Å². The third kappa shape index (κ3) is 4.52. The second-order valence-corrected chi connectivity index (χ2v) is 9.10. The van der Waals surface area contributed by atoms with Crippen molar-refractivity contribution in [2.24, 2.45) is 11.7 Å². The fourth-order valence-electron chi connectivity index (χ4n) is 3.15. The Hall–Kier alpha value is -1.86. The Bertz CT molecular complexity index is 876. The van der Waals surface area contributed by atoms with E-state index in [2.05, 4.69) is 21.2 Å². The third-order valence-electron chi connectivity index (χ3n) is 4.40. The van der Waals surface area contributed by atoms with E-state index in [1.165, 1.54) is 11.3 Å². The number of anilines is 1. The van der Waals surface area contributed by atoms with Crippen LogP contribution in [0.5, 0.6) is 5.75 Å². The van der Waals surface area contributed by atoms with Gasteiger partial charge in [-0.05, 0) is 55.4 Å². The lowest BCUT2D eigenvalue weighted by molar-refractivity contribution is 0.100. The summed E-state index contributed by atoms with van der Waals surface area (Å²) in [6.07, 6.45) is 3.89. The summed E-state index contributed by atoms with van der Waals surface area (Å²) in [5, 5.41) is 3.43. The average molecular weight is 451 g/mol. The van der Waals surface area contributed by atoms with E-state index in [1.807, 2.05) is 19.9 Å². The molecular formula is C20H23BrN2O3S. The lowest BCUT2D eigenvalue weighted by Crippen LogP contribution is -2.19. The van der Waals surface area contributed by atoms with Gasteiger partial charge in [0.05, 0.1) is 17.7 Å². The molecule has 0 atom stereocenters. The van der Waals surface area contributed by atoms with Crippen molar-refractivity contribution in [1.82, 2.24) is 0 Å². The van der Waals surface area contributed by atoms with E-state index in [4.69, 9.17) is 10.5 Å². The molecule has 0 spiro atoms. The largest absolute Gasteiger partial charge is 0.492 e. The second-order valence-electron chi connectivity index (χ2n) is 7.08. The summed E-state index contributed by atoms with van der Waals surface area (Å²) in [4.78, 5) is 26.1. The van der Waals surface area contributed by atoms with Gasteiger partial charge in [-0.15, -0.1) is 11.3 Å². The number of fused-ring (bicyclic) bond motifs is 1. The first-order valence-corrected chi connectivity index (χ1v) is 10.7. The van der Waals surface area contributed by atoms with Gasteiger partial charge in [-0.1, -0.05) is 29.8 Å². The van der Waals surface area contributed by atoms with Crippen LogP contribution in [0.2, 0.25) is 0 Å². The van der Waals surface area contributed by atoms with Gasteiger partial charge in [-0.25, -0.2) is 0 Å². The number of primary amides is 1. The van der Waals surface area contributed by atoms with Gasteiger partial charge in [-0.2, -0.15) is 0 Å². The topological polar surface area (TPSA) is 81.4 Å². The molecule has 2 aromatic rings. The van der Waals surface area contributed by atoms with E-state index in [1.54, 1.807) is 12.1 Å². The van der Waals surface area contributed by atoms with E-state index in [-0.39, 0.29) is 5.91 Å². The minimum atomic E-state index is -0.491. The van der Waals surface area contributed by atoms with Crippen molar-refractivity contribution in [2.75, 3.05) is 11.9 Å². The van der Waals surface area contributed by atoms with Crippen LogP contribution in [-0.2, 0) is 12.8 Å². The molecule has 3 rings (SSSR count). The molecule has 3 N–H and O–H groups in total. The maximum atomic E-state index is 13.0. The van der Waals surface area contributed by atoms with E-state index in [0.29, 0.717) is 34.4 Å². The number of ether oxygens (including phenoxy) is 1. The number of carbonyl (C=O) groups is 2. The number of aryl methyl sites for hydroxylation is 1. The standard InChI is InChI=1S/C20H23BrN2O3S/c1-11(2)10-26-15-8-7-12(21)9-14(15)19(25)23-20-17(18(22)24)13-5-3-4-6-16(13)27-20/h7-9,11H,3-6,10H2,1-2H3,(H2,22,24)(H,23,25). The van der Waals surface area contributed by atoms with Crippen LogP contribution in [0.4, 0.5) is 5.00 Å². The maximum absolute atomic E-state index is 13.0. The Morgan fingerprint density at radius 1 is 1.30 bits per heavy atom. The number of hydrogen-bond donors (Lipinski definition) is 2. The highest BCUT2D eigenvalue weighted by atomic mass is 79.9. The molecule has 1 heterocycles. The molecule has 1 aliphatic carbocycles. The van der Waals surface area contributed by atoms with Gasteiger partial charge in [0.15, 0.2) is 0 Å². The van der Waals surface area contributed by atoms with Crippen molar-refractivity contribution in [3.8, 4) is 5.75 Å². The van der Waals surface area contributed by atoms with Crippen LogP contribution in [0.15, 0.2) is 22.7 Å². The number of nitrogens with two attached hydrogens (primary N) is 1. The molecule has 0 aliphatic heterocycles. The smallest absolute Gasteiger partial charge is 0.260 e. The molecule has 144 valence electrons. The molecule has 0 unspecified atom stereocenters. The Kier molecular flexibility index (Phi) is 6.22. The summed E-state index contributed by atoms with van der Waals surface area (Å²) in [5.41, 5.74) is 7.50. The number of hydrogen-bond acceptors (Lipinski definition) is 4. The SMILES string of the molecule is CC(C)COc1ccc(Br)cc1C(=O)Nc1sc2c(c1C(N)=O)CCCC2. The Labute approximate surface area is 171 Å². The van der Waals surface area contributed by atoms with E-state index in [9.17, 15) is 9.59 Å². The minimum Gasteiger partial charge on any atom is -0.492 e. The van der Waals surface area contributed by atoms with E-state index < -0.39 is 5.91 Å². The number of halogens is 1. The van der Waals surface area contributed by atoms with Gasteiger partial charge in [0.2, 0.25) is 0 Å². The summed E-state index contributed by atoms with van der Waals surface area (Å²) in [6, 6.07) is 5.34. The zero-order valence-electron chi connectivity index (χ0n) is 15.4. The maximum Gasteiger partial charge on any atom is 0.260 e. The molecule has 7 heteroatoms. The van der Waals surface area contributed by atoms with E-state index >= 15 is 0 Å². The van der Waals surface area contributed by atoms with E-state index in [0.717, 1.165) is 40.6 Å². The highest BCUT2D eigenvalue weighted by Gasteiger charge is 2.26. The first-order valence-electron chi connectivity index (χ1n) is 9.05. The lowest BCUT2D eigenvalue weighted by atomic mass is 9.95. The third-order valence-corrected chi connectivity index (χ3v) is 6.10. The molecule has 0 fully saturated rings. The molecule has 1 aromatic heterocycles. The molecule has 0 bridgehead atoms. The Morgan fingerprint density at radius 3 is 2.74 bits per heavy atom. The highest BCUT2D eigenvalue weighted by Crippen LogP contribution is 2.38. The van der Waals surface area contributed by atoms with Gasteiger partial charge in [-0.3, -0.25) is 9.59 Å². The number of carbonyl (C=O) groups excluding carboxylic acids is 2. The molecular weight excluding hydrogens is 428 g/mol. The molecule has 27 heavy (non-hydrogen) atoms. The fourth-order valence-corrected chi connectivity index (χ4v) is 4.80. The summed E-state index contributed by atoms with van der Waals surface area (Å²) in [7, 11) is 0. The Balaban J connectivity index is 1.91. The summed E-state index contributed by atoms with van der Waals surface area (Å²) >= 11 is 4.86. The predicted octanol–water partition coefficient (Wildman–Crippen LogP) is 4.78. The molecule has 1 aliphatic rings. The predicted molar refractivity (Wildman–Crippen MR) is 112 cm³/mol. The van der Waals surface area contributed by atoms with Crippen LogP contribution >= 0.6 is 27.3 Å². The van der Waals surface area contributed by atoms with Crippen molar-refractivity contribution in [2.45, 2.75) is 39.5 Å². The summed E-state index contributed by atoms with van der Waals surface area (Å²) in [6.45, 7) is 4.61. The highest BCUT2D eigenvalue weighted by molar-refractivity contribution is 9.10. The first-order chi connectivity index (χ1) is 12.9. The number of nitrogens with one attached hydrogen (secondary N) is 1. The van der Waals surface area contributed by atoms with Gasteiger partial charge in [0.1, 0.15) is 10.8 Å². The Morgan fingerprint density at radius 2 is 2.04 bits per heavy atom. The fraction of sp³-hybridized carbons (Fsp3) is 0.400. The first kappa shape index (κ1) is 19.9. The number of thiophene rings is 1. The van der Waals surface area contributed by atoms with Crippen molar-refractivity contribution >= 4 is 44.1 Å². The molecule has 5 nitrogen and oxygen atoms in total. The summed E-state index contributed by atoms with van der Waals surface area (Å²) in [5.74, 6) is 0.0627. The monoisotopic (exact) mass is 450 g/mol.